The summed E-state index contributed by atoms with van der Waals surface area (Å²) in [6.07, 6.45) is 0. The largest absolute Gasteiger partial charge is 0.279 e. The highest BCUT2D eigenvalue weighted by Crippen LogP contribution is 2.34. The Morgan fingerprint density at radius 2 is 1.46 bits per heavy atom. The van der Waals surface area contributed by atoms with Crippen LogP contribution >= 0.6 is 0 Å². The molecule has 0 spiro atoms. The lowest BCUT2D eigenvalue weighted by molar-refractivity contribution is 0.551. The first-order valence-corrected chi connectivity index (χ1v) is 9.22. The minimum Gasteiger partial charge on any atom is -0.279 e. The smallest absolute Gasteiger partial charge is 0.264 e. The molecule has 6 heteroatoms. The normalized spacial score (nSPS) is 12.0. The van der Waals surface area contributed by atoms with Crippen LogP contribution in [0.2, 0.25) is 0 Å². The Labute approximate surface area is 141 Å². The Morgan fingerprint density at radius 1 is 0.917 bits per heavy atom. The molecule has 130 valence electrons. The molecule has 0 radical (unpaired) electrons. The molecule has 0 atom stereocenters. The van der Waals surface area contributed by atoms with Gasteiger partial charge in [0.25, 0.3) is 10.0 Å². The summed E-state index contributed by atoms with van der Waals surface area (Å²) in [7, 11) is -4.16. The zero-order valence-corrected chi connectivity index (χ0v) is 14.9. The van der Waals surface area contributed by atoms with E-state index in [-0.39, 0.29) is 11.8 Å². The number of rotatable bonds is 5. The third-order valence-electron chi connectivity index (χ3n) is 3.79. The number of benzene rings is 2. The summed E-state index contributed by atoms with van der Waals surface area (Å²) in [5, 5.41) is 0. The van der Waals surface area contributed by atoms with E-state index in [1.807, 2.05) is 45.9 Å². The van der Waals surface area contributed by atoms with Crippen molar-refractivity contribution >= 4 is 15.7 Å². The second kappa shape index (κ2) is 6.89. The first-order chi connectivity index (χ1) is 11.1. The van der Waals surface area contributed by atoms with Gasteiger partial charge in [0.2, 0.25) is 0 Å². The lowest BCUT2D eigenvalue weighted by Crippen LogP contribution is -2.18. The molecule has 3 nitrogen and oxygen atoms in total. The molecule has 0 aliphatic heterocycles. The van der Waals surface area contributed by atoms with Crippen molar-refractivity contribution in [3.63, 3.8) is 0 Å². The summed E-state index contributed by atoms with van der Waals surface area (Å²) in [6, 6.07) is 7.98. The highest BCUT2D eigenvalue weighted by molar-refractivity contribution is 7.92. The van der Waals surface area contributed by atoms with E-state index in [2.05, 4.69) is 4.72 Å². The standard InChI is InChI=1S/C18H21F2NO2S/c1-11(2)14-6-5-7-15(12(3)4)18(14)21-24(22,23)17-9-8-13(19)10-16(17)20/h5-12,21H,1-4H3. The van der Waals surface area contributed by atoms with Crippen molar-refractivity contribution in [3.05, 3.63) is 59.2 Å². The zero-order valence-electron chi connectivity index (χ0n) is 14.1. The van der Waals surface area contributed by atoms with Gasteiger partial charge in [0, 0.05) is 6.07 Å². The topological polar surface area (TPSA) is 46.2 Å². The van der Waals surface area contributed by atoms with Crippen LogP contribution < -0.4 is 4.72 Å². The lowest BCUT2D eigenvalue weighted by atomic mass is 9.93. The molecule has 0 saturated carbocycles. The van der Waals surface area contributed by atoms with E-state index in [1.165, 1.54) is 0 Å². The quantitative estimate of drug-likeness (QED) is 0.821. The first kappa shape index (κ1) is 18.4. The Balaban J connectivity index is 2.57. The van der Waals surface area contributed by atoms with E-state index in [0.717, 1.165) is 23.3 Å². The molecule has 0 fully saturated rings. The van der Waals surface area contributed by atoms with Gasteiger partial charge in [0.1, 0.15) is 16.5 Å². The molecule has 0 saturated heterocycles. The molecule has 2 aromatic carbocycles. The Bertz CT molecular complexity index is 820. The van der Waals surface area contributed by atoms with Crippen LogP contribution in [-0.4, -0.2) is 8.42 Å². The van der Waals surface area contributed by atoms with E-state index >= 15 is 0 Å². The molecule has 0 bridgehead atoms. The second-order valence-corrected chi connectivity index (χ2v) is 7.95. The number of hydrogen-bond acceptors (Lipinski definition) is 2. The van der Waals surface area contributed by atoms with Crippen LogP contribution in [0.4, 0.5) is 14.5 Å². The van der Waals surface area contributed by atoms with E-state index in [9.17, 15) is 17.2 Å². The van der Waals surface area contributed by atoms with Crippen molar-refractivity contribution in [3.8, 4) is 0 Å². The molecule has 0 aliphatic carbocycles. The summed E-state index contributed by atoms with van der Waals surface area (Å²) in [4.78, 5) is -0.572. The van der Waals surface area contributed by atoms with Crippen molar-refractivity contribution < 1.29 is 17.2 Å². The number of anilines is 1. The molecule has 2 aromatic rings. The molecule has 0 heterocycles. The second-order valence-electron chi connectivity index (χ2n) is 6.30. The number of hydrogen-bond donors (Lipinski definition) is 1. The van der Waals surface area contributed by atoms with Gasteiger partial charge in [0.15, 0.2) is 0 Å². The summed E-state index contributed by atoms with van der Waals surface area (Å²) < 4.78 is 54.7. The van der Waals surface area contributed by atoms with Crippen LogP contribution in [0.15, 0.2) is 41.3 Å². The monoisotopic (exact) mass is 353 g/mol. The highest BCUT2D eigenvalue weighted by atomic mass is 32.2. The van der Waals surface area contributed by atoms with E-state index < -0.39 is 26.6 Å². The summed E-state index contributed by atoms with van der Waals surface area (Å²) >= 11 is 0. The molecule has 0 aromatic heterocycles. The minimum atomic E-state index is -4.16. The van der Waals surface area contributed by atoms with Gasteiger partial charge in [-0.25, -0.2) is 17.2 Å². The van der Waals surface area contributed by atoms with Gasteiger partial charge in [-0.1, -0.05) is 45.9 Å². The Morgan fingerprint density at radius 3 is 1.92 bits per heavy atom. The van der Waals surface area contributed by atoms with Crippen LogP contribution in [0.25, 0.3) is 0 Å². The van der Waals surface area contributed by atoms with Gasteiger partial charge >= 0.3 is 0 Å². The SMILES string of the molecule is CC(C)c1cccc(C(C)C)c1NS(=O)(=O)c1ccc(F)cc1F. The van der Waals surface area contributed by atoms with Crippen molar-refractivity contribution in [2.75, 3.05) is 4.72 Å². The average molecular weight is 353 g/mol. The summed E-state index contributed by atoms with van der Waals surface area (Å²) in [5.74, 6) is -1.77. The van der Waals surface area contributed by atoms with Crippen molar-refractivity contribution in [2.24, 2.45) is 0 Å². The lowest BCUT2D eigenvalue weighted by Gasteiger charge is -2.21. The maximum Gasteiger partial charge on any atom is 0.264 e. The Kier molecular flexibility index (Phi) is 5.28. The molecular weight excluding hydrogens is 332 g/mol. The van der Waals surface area contributed by atoms with E-state index in [4.69, 9.17) is 0 Å². The van der Waals surface area contributed by atoms with Gasteiger partial charge in [-0.2, -0.15) is 0 Å². The van der Waals surface area contributed by atoms with Gasteiger partial charge in [-0.3, -0.25) is 4.72 Å². The third kappa shape index (κ3) is 3.75. The number of nitrogens with one attached hydrogen (secondary N) is 1. The van der Waals surface area contributed by atoms with Gasteiger partial charge in [-0.15, -0.1) is 0 Å². The molecule has 0 amide bonds. The fourth-order valence-electron chi connectivity index (χ4n) is 2.55. The minimum absolute atomic E-state index is 0.0828. The molecule has 2 rings (SSSR count). The van der Waals surface area contributed by atoms with Gasteiger partial charge in [0.05, 0.1) is 5.69 Å². The van der Waals surface area contributed by atoms with Crippen LogP contribution in [0.1, 0.15) is 50.7 Å². The van der Waals surface area contributed by atoms with Crippen molar-refractivity contribution in [1.82, 2.24) is 0 Å². The maximum atomic E-state index is 13.9. The van der Waals surface area contributed by atoms with Crippen LogP contribution in [0.3, 0.4) is 0 Å². The Hall–Kier alpha value is -1.95. The van der Waals surface area contributed by atoms with Gasteiger partial charge in [-0.05, 0) is 35.1 Å². The highest BCUT2D eigenvalue weighted by Gasteiger charge is 2.23. The fourth-order valence-corrected chi connectivity index (χ4v) is 3.73. The number of halogens is 2. The average Bonchev–Trinajstić information content (AvgIpc) is 2.45. The van der Waals surface area contributed by atoms with Crippen molar-refractivity contribution in [1.29, 1.82) is 0 Å². The van der Waals surface area contributed by atoms with Crippen LogP contribution in [0.5, 0.6) is 0 Å². The fraction of sp³-hybridized carbons (Fsp3) is 0.333. The molecular formula is C18H21F2NO2S. The number of sulfonamides is 1. The van der Waals surface area contributed by atoms with Crippen LogP contribution in [0, 0.1) is 11.6 Å². The molecule has 1 N–H and O–H groups in total. The first-order valence-electron chi connectivity index (χ1n) is 7.74. The summed E-state index contributed by atoms with van der Waals surface area (Å²) in [6.45, 7) is 7.82. The summed E-state index contributed by atoms with van der Waals surface area (Å²) in [5.41, 5.74) is 2.12. The van der Waals surface area contributed by atoms with Gasteiger partial charge < -0.3 is 0 Å². The zero-order chi connectivity index (χ0) is 18.1. The third-order valence-corrected chi connectivity index (χ3v) is 5.18. The predicted octanol–water partition coefficient (Wildman–Crippen LogP) is 5.01. The molecule has 0 unspecified atom stereocenters. The van der Waals surface area contributed by atoms with E-state index in [1.54, 1.807) is 0 Å². The maximum absolute atomic E-state index is 13.9. The molecule has 0 aliphatic rings. The van der Waals surface area contributed by atoms with Crippen molar-refractivity contribution in [2.45, 2.75) is 44.4 Å². The van der Waals surface area contributed by atoms with E-state index in [0.29, 0.717) is 11.8 Å². The van der Waals surface area contributed by atoms with Crippen LogP contribution in [-0.2, 0) is 10.0 Å². The predicted molar refractivity (Wildman–Crippen MR) is 91.8 cm³/mol. The number of para-hydroxylation sites is 1. The molecule has 24 heavy (non-hydrogen) atoms.